The minimum absolute atomic E-state index is 0.0606. The second kappa shape index (κ2) is 9.33. The van der Waals surface area contributed by atoms with Crippen LogP contribution in [-0.2, 0) is 34.0 Å². The van der Waals surface area contributed by atoms with Crippen LogP contribution in [0.3, 0.4) is 0 Å². The highest BCUT2D eigenvalue weighted by atomic mass is 16.5. The molecule has 0 aromatic heterocycles. The molecular formula is C25H27N3O5. The van der Waals surface area contributed by atoms with Gasteiger partial charge in [0, 0.05) is 37.2 Å². The van der Waals surface area contributed by atoms with Crippen LogP contribution in [0.25, 0.3) is 0 Å². The van der Waals surface area contributed by atoms with Crippen molar-refractivity contribution in [3.05, 3.63) is 64.7 Å². The number of morpholine rings is 1. The maximum Gasteiger partial charge on any atom is 0.255 e. The van der Waals surface area contributed by atoms with Gasteiger partial charge in [-0.3, -0.25) is 24.6 Å². The van der Waals surface area contributed by atoms with E-state index in [1.54, 1.807) is 30.3 Å². The predicted molar refractivity (Wildman–Crippen MR) is 119 cm³/mol. The number of imide groups is 1. The average Bonchev–Trinajstić information content (AvgIpc) is 3.20. The molecule has 8 nitrogen and oxygen atoms in total. The molecule has 8 heteroatoms. The summed E-state index contributed by atoms with van der Waals surface area (Å²) >= 11 is 0. The Hall–Kier alpha value is -3.23. The molecule has 0 spiro atoms. The Morgan fingerprint density at radius 2 is 1.91 bits per heavy atom. The fourth-order valence-corrected chi connectivity index (χ4v) is 4.38. The van der Waals surface area contributed by atoms with E-state index in [1.165, 1.54) is 4.90 Å². The second-order valence-electron chi connectivity index (χ2n) is 8.37. The minimum atomic E-state index is -1.27. The first-order chi connectivity index (χ1) is 17.3. The molecule has 33 heavy (non-hydrogen) atoms. The molecule has 5 rings (SSSR count). The van der Waals surface area contributed by atoms with Gasteiger partial charge in [-0.2, -0.15) is 0 Å². The van der Waals surface area contributed by atoms with Crippen LogP contribution in [0.4, 0.5) is 0 Å². The number of hydrogen-bond donors (Lipinski definition) is 1. The Morgan fingerprint density at radius 3 is 2.73 bits per heavy atom. The van der Waals surface area contributed by atoms with Gasteiger partial charge in [-0.05, 0) is 29.7 Å². The maximum absolute atomic E-state index is 13.0. The maximum atomic E-state index is 13.0. The van der Waals surface area contributed by atoms with E-state index >= 15 is 0 Å². The van der Waals surface area contributed by atoms with Gasteiger partial charge in [0.25, 0.3) is 5.91 Å². The molecule has 0 saturated carbocycles. The summed E-state index contributed by atoms with van der Waals surface area (Å²) in [5.74, 6) is -0.850. The number of carbonyl (C=O) groups is 3. The predicted octanol–water partition coefficient (Wildman–Crippen LogP) is 1.86. The Morgan fingerprint density at radius 1 is 1.12 bits per heavy atom. The van der Waals surface area contributed by atoms with Crippen molar-refractivity contribution in [3.8, 4) is 5.75 Å². The largest absolute Gasteiger partial charge is 0.489 e. The SMILES string of the molecule is [2H]c1c(CN2CCOCC2)ccc(C([2H])Oc2cccc3c2CN(C2CCC(=O)NC2=O)C3=O)c1[2H]. The van der Waals surface area contributed by atoms with Gasteiger partial charge < -0.3 is 14.4 Å². The normalized spacial score (nSPS) is 23.4. The molecule has 2 unspecified atom stereocenters. The Bertz CT molecular complexity index is 1220. The zero-order chi connectivity index (χ0) is 25.4. The number of nitrogens with one attached hydrogen (secondary N) is 1. The van der Waals surface area contributed by atoms with E-state index in [-0.39, 0.29) is 48.8 Å². The van der Waals surface area contributed by atoms with E-state index in [9.17, 15) is 14.4 Å². The molecule has 172 valence electrons. The molecular weight excluding hydrogens is 422 g/mol. The van der Waals surface area contributed by atoms with Crippen molar-refractivity contribution in [2.75, 3.05) is 26.3 Å². The van der Waals surface area contributed by atoms with Gasteiger partial charge in [0.2, 0.25) is 11.8 Å². The first-order valence-electron chi connectivity index (χ1n) is 12.7. The molecule has 2 aromatic rings. The van der Waals surface area contributed by atoms with Crippen LogP contribution in [0.5, 0.6) is 5.75 Å². The molecule has 0 aliphatic carbocycles. The average molecular weight is 453 g/mol. The number of fused-ring (bicyclic) bond motifs is 1. The number of carbonyl (C=O) groups excluding carboxylic acids is 3. The number of rotatable bonds is 6. The number of hydrogen-bond acceptors (Lipinski definition) is 6. The summed E-state index contributed by atoms with van der Waals surface area (Å²) in [6.07, 6.45) is 0.422. The van der Waals surface area contributed by atoms with Crippen molar-refractivity contribution >= 4 is 17.7 Å². The molecule has 0 bridgehead atoms. The van der Waals surface area contributed by atoms with Gasteiger partial charge in [0.15, 0.2) is 0 Å². The van der Waals surface area contributed by atoms with Gasteiger partial charge in [-0.25, -0.2) is 0 Å². The lowest BCUT2D eigenvalue weighted by Gasteiger charge is -2.29. The molecule has 3 aliphatic heterocycles. The van der Waals surface area contributed by atoms with Crippen LogP contribution in [0, 0.1) is 0 Å². The lowest BCUT2D eigenvalue weighted by molar-refractivity contribution is -0.136. The summed E-state index contributed by atoms with van der Waals surface area (Å²) in [5.41, 5.74) is 1.92. The summed E-state index contributed by atoms with van der Waals surface area (Å²) in [6, 6.07) is 7.62. The smallest absolute Gasteiger partial charge is 0.255 e. The molecule has 0 radical (unpaired) electrons. The zero-order valence-corrected chi connectivity index (χ0v) is 18.1. The summed E-state index contributed by atoms with van der Waals surface area (Å²) in [5, 5.41) is 2.28. The molecule has 2 fully saturated rings. The van der Waals surface area contributed by atoms with Crippen molar-refractivity contribution in [2.45, 2.75) is 38.6 Å². The second-order valence-corrected chi connectivity index (χ2v) is 8.37. The lowest BCUT2D eigenvalue weighted by atomic mass is 10.0. The Labute approximate surface area is 196 Å². The van der Waals surface area contributed by atoms with Crippen molar-refractivity contribution in [1.82, 2.24) is 15.1 Å². The Balaban J connectivity index is 1.33. The van der Waals surface area contributed by atoms with Crippen LogP contribution in [-0.4, -0.2) is 59.9 Å². The fourth-order valence-electron chi connectivity index (χ4n) is 4.38. The third-order valence-corrected chi connectivity index (χ3v) is 6.18. The number of piperidine rings is 1. The molecule has 3 amide bonds. The summed E-state index contributed by atoms with van der Waals surface area (Å²) in [6.45, 7) is 2.23. The summed E-state index contributed by atoms with van der Waals surface area (Å²) in [7, 11) is 0. The standard InChI is InChI=1S/C25H27N3O5/c29-23-9-8-21(24(30)26-23)28-15-20-19(25(28)31)2-1-3-22(20)33-16-18-6-4-17(5-7-18)14-27-10-12-32-13-11-27/h1-7,21H,8-16H2,(H,26,29,30)/i4D,6D,16D. The molecule has 2 atom stereocenters. The van der Waals surface area contributed by atoms with Gasteiger partial charge in [0.05, 0.1) is 23.9 Å². The quantitative estimate of drug-likeness (QED) is 0.674. The Kier molecular flexibility index (Phi) is 5.15. The number of ether oxygens (including phenoxy) is 2. The monoisotopic (exact) mass is 452 g/mol. The van der Waals surface area contributed by atoms with E-state index in [0.717, 1.165) is 13.1 Å². The van der Waals surface area contributed by atoms with Crippen LogP contribution in [0.2, 0.25) is 0 Å². The molecule has 2 aromatic carbocycles. The van der Waals surface area contributed by atoms with Crippen molar-refractivity contribution in [1.29, 1.82) is 0 Å². The summed E-state index contributed by atoms with van der Waals surface area (Å²) < 4.78 is 36.8. The van der Waals surface area contributed by atoms with Gasteiger partial charge in [0.1, 0.15) is 18.4 Å². The number of nitrogens with zero attached hydrogens (tertiary/aromatic N) is 2. The topological polar surface area (TPSA) is 88.2 Å². The van der Waals surface area contributed by atoms with Crippen LogP contribution >= 0.6 is 0 Å². The molecule has 3 heterocycles. The highest BCUT2D eigenvalue weighted by Crippen LogP contribution is 2.34. The van der Waals surface area contributed by atoms with E-state index < -0.39 is 18.5 Å². The third-order valence-electron chi connectivity index (χ3n) is 6.18. The van der Waals surface area contributed by atoms with Crippen LogP contribution < -0.4 is 10.1 Å². The molecule has 2 saturated heterocycles. The molecule has 3 aliphatic rings. The number of benzene rings is 2. The van der Waals surface area contributed by atoms with E-state index in [2.05, 4.69) is 10.2 Å². The minimum Gasteiger partial charge on any atom is -0.489 e. The van der Waals surface area contributed by atoms with Crippen LogP contribution in [0.1, 0.15) is 44.0 Å². The van der Waals surface area contributed by atoms with Gasteiger partial charge in [-0.1, -0.05) is 30.3 Å². The van der Waals surface area contributed by atoms with E-state index in [4.69, 9.17) is 13.6 Å². The first kappa shape index (κ1) is 18.2. The fraction of sp³-hybridized carbons (Fsp3) is 0.400. The van der Waals surface area contributed by atoms with Crippen molar-refractivity contribution < 1.29 is 28.0 Å². The van der Waals surface area contributed by atoms with E-state index in [0.29, 0.717) is 42.2 Å². The van der Waals surface area contributed by atoms with Crippen molar-refractivity contribution in [2.24, 2.45) is 0 Å². The van der Waals surface area contributed by atoms with Gasteiger partial charge >= 0.3 is 0 Å². The zero-order valence-electron chi connectivity index (χ0n) is 21.1. The lowest BCUT2D eigenvalue weighted by Crippen LogP contribution is -2.52. The third kappa shape index (κ3) is 4.62. The van der Waals surface area contributed by atoms with E-state index in [1.807, 2.05) is 0 Å². The van der Waals surface area contributed by atoms with Crippen molar-refractivity contribution in [3.63, 3.8) is 0 Å². The van der Waals surface area contributed by atoms with Gasteiger partial charge in [-0.15, -0.1) is 0 Å². The number of amides is 3. The molecule has 1 N–H and O–H groups in total. The van der Waals surface area contributed by atoms with Crippen LogP contribution in [0.15, 0.2) is 42.4 Å². The highest BCUT2D eigenvalue weighted by Gasteiger charge is 2.40. The summed E-state index contributed by atoms with van der Waals surface area (Å²) in [4.78, 5) is 40.4. The first-order valence-corrected chi connectivity index (χ1v) is 11.1. The highest BCUT2D eigenvalue weighted by molar-refractivity contribution is 6.05.